The van der Waals surface area contributed by atoms with Crippen molar-refractivity contribution in [3.63, 3.8) is 0 Å². The van der Waals surface area contributed by atoms with Crippen LogP contribution in [0.5, 0.6) is 0 Å². The third-order valence-corrected chi connectivity index (χ3v) is 2.53. The second-order valence-corrected chi connectivity index (χ2v) is 6.63. The molecule has 118 valence electrons. The first-order chi connectivity index (χ1) is 9.52. The van der Waals surface area contributed by atoms with Crippen molar-refractivity contribution in [2.24, 2.45) is 11.1 Å². The molecular formula is C16H26N2O2S. The van der Waals surface area contributed by atoms with Crippen molar-refractivity contribution >= 4 is 23.3 Å². The second-order valence-electron chi connectivity index (χ2n) is 6.21. The Morgan fingerprint density at radius 3 is 1.76 bits per heavy atom. The Hall–Kier alpha value is -1.62. The van der Waals surface area contributed by atoms with Gasteiger partial charge in [0.1, 0.15) is 0 Å². The number of nitrogens with two attached hydrogens (primary N) is 1. The van der Waals surface area contributed by atoms with E-state index in [9.17, 15) is 4.79 Å². The largest absolute Gasteiger partial charge is 0.487 e. The van der Waals surface area contributed by atoms with E-state index in [4.69, 9.17) is 5.11 Å². The van der Waals surface area contributed by atoms with Gasteiger partial charge in [0.2, 0.25) is 5.91 Å². The molecule has 2 bridgehead atoms. The highest BCUT2D eigenvalue weighted by atomic mass is 32.1. The van der Waals surface area contributed by atoms with Crippen molar-refractivity contribution in [1.29, 1.82) is 0 Å². The molecule has 0 aromatic heterocycles. The zero-order valence-corrected chi connectivity index (χ0v) is 14.3. The molecule has 0 unspecified atom stereocenters. The van der Waals surface area contributed by atoms with Crippen LogP contribution in [0, 0.1) is 5.41 Å². The SMILES string of the molecule is C1=CC2=CC=C1C2.CC(C)NC(=O)C(C)(C)C.NC(O)=S. The van der Waals surface area contributed by atoms with E-state index < -0.39 is 5.17 Å². The van der Waals surface area contributed by atoms with Crippen molar-refractivity contribution in [1.82, 2.24) is 5.32 Å². The summed E-state index contributed by atoms with van der Waals surface area (Å²) in [4.78, 5) is 11.2. The van der Waals surface area contributed by atoms with E-state index in [1.165, 1.54) is 17.6 Å². The maximum atomic E-state index is 11.2. The molecule has 2 aliphatic rings. The topological polar surface area (TPSA) is 75.4 Å². The molecule has 0 fully saturated rings. The van der Waals surface area contributed by atoms with Gasteiger partial charge in [-0.3, -0.25) is 4.79 Å². The summed E-state index contributed by atoms with van der Waals surface area (Å²) in [5, 5.41) is 9.91. The average Bonchev–Trinajstić information content (AvgIpc) is 2.90. The van der Waals surface area contributed by atoms with Crippen LogP contribution >= 0.6 is 12.2 Å². The number of aliphatic hydroxyl groups is 1. The lowest BCUT2D eigenvalue weighted by Gasteiger charge is -2.19. The van der Waals surface area contributed by atoms with Crippen LogP contribution in [0.4, 0.5) is 0 Å². The van der Waals surface area contributed by atoms with Gasteiger partial charge in [0, 0.05) is 11.5 Å². The van der Waals surface area contributed by atoms with Gasteiger partial charge in [-0.2, -0.15) is 0 Å². The molecule has 21 heavy (non-hydrogen) atoms. The van der Waals surface area contributed by atoms with Crippen LogP contribution in [0.15, 0.2) is 35.5 Å². The number of aliphatic hydroxyl groups excluding tert-OH is 1. The molecule has 0 aliphatic heterocycles. The number of hydrogen-bond donors (Lipinski definition) is 3. The number of allylic oxidation sites excluding steroid dienone is 6. The normalized spacial score (nSPS) is 14.4. The van der Waals surface area contributed by atoms with Crippen LogP contribution in [0.3, 0.4) is 0 Å². The summed E-state index contributed by atoms with van der Waals surface area (Å²) in [5.41, 5.74) is 7.07. The van der Waals surface area contributed by atoms with Crippen molar-refractivity contribution in [2.45, 2.75) is 47.1 Å². The Morgan fingerprint density at radius 2 is 1.67 bits per heavy atom. The number of hydrogen-bond acceptors (Lipinski definition) is 2. The zero-order valence-electron chi connectivity index (χ0n) is 13.4. The highest BCUT2D eigenvalue weighted by Crippen LogP contribution is 2.27. The van der Waals surface area contributed by atoms with Crippen LogP contribution in [0.25, 0.3) is 0 Å². The predicted molar refractivity (Wildman–Crippen MR) is 92.1 cm³/mol. The number of carbonyl (C=O) groups is 1. The van der Waals surface area contributed by atoms with Gasteiger partial charge in [-0.15, -0.1) is 0 Å². The maximum Gasteiger partial charge on any atom is 0.251 e. The summed E-state index contributed by atoms with van der Waals surface area (Å²) < 4.78 is 0. The van der Waals surface area contributed by atoms with E-state index in [1.807, 2.05) is 34.6 Å². The van der Waals surface area contributed by atoms with E-state index in [1.54, 1.807) is 0 Å². The molecule has 4 nitrogen and oxygen atoms in total. The van der Waals surface area contributed by atoms with E-state index in [0.29, 0.717) is 0 Å². The molecular weight excluding hydrogens is 284 g/mol. The van der Waals surface area contributed by atoms with E-state index >= 15 is 0 Å². The van der Waals surface area contributed by atoms with Crippen molar-refractivity contribution < 1.29 is 9.90 Å². The third-order valence-electron chi connectivity index (χ3n) is 2.53. The minimum atomic E-state index is -0.500. The molecule has 2 rings (SSSR count). The summed E-state index contributed by atoms with van der Waals surface area (Å²) in [5.74, 6) is 0.113. The monoisotopic (exact) mass is 310 g/mol. The van der Waals surface area contributed by atoms with E-state index in [2.05, 4.69) is 47.6 Å². The second kappa shape index (κ2) is 8.62. The summed E-state index contributed by atoms with van der Waals surface area (Å²) >= 11 is 3.87. The predicted octanol–water partition coefficient (Wildman–Crippen LogP) is 3.16. The van der Waals surface area contributed by atoms with Gasteiger partial charge in [-0.05, 0) is 43.6 Å². The van der Waals surface area contributed by atoms with E-state index in [-0.39, 0.29) is 17.4 Å². The first kappa shape index (κ1) is 19.4. The number of amides is 1. The van der Waals surface area contributed by atoms with Gasteiger partial charge in [0.05, 0.1) is 0 Å². The Morgan fingerprint density at radius 1 is 1.29 bits per heavy atom. The number of rotatable bonds is 1. The lowest BCUT2D eigenvalue weighted by atomic mass is 9.95. The summed E-state index contributed by atoms with van der Waals surface area (Å²) in [7, 11) is 0. The van der Waals surface area contributed by atoms with Crippen molar-refractivity contribution in [3.8, 4) is 0 Å². The van der Waals surface area contributed by atoms with Crippen LogP contribution in [-0.4, -0.2) is 22.2 Å². The fourth-order valence-corrected chi connectivity index (χ4v) is 1.49. The van der Waals surface area contributed by atoms with Gasteiger partial charge in [0.15, 0.2) is 0 Å². The number of fused-ring (bicyclic) bond motifs is 2. The molecule has 2 aliphatic carbocycles. The van der Waals surface area contributed by atoms with E-state index in [0.717, 1.165) is 0 Å². The van der Waals surface area contributed by atoms with Crippen LogP contribution in [0.2, 0.25) is 0 Å². The lowest BCUT2D eigenvalue weighted by molar-refractivity contribution is -0.129. The van der Waals surface area contributed by atoms with Crippen molar-refractivity contribution in [2.75, 3.05) is 0 Å². The van der Waals surface area contributed by atoms with Gasteiger partial charge < -0.3 is 16.2 Å². The molecule has 0 heterocycles. The molecule has 0 spiro atoms. The van der Waals surface area contributed by atoms with Gasteiger partial charge in [-0.1, -0.05) is 45.1 Å². The summed E-state index contributed by atoms with van der Waals surface area (Å²) in [6.07, 6.45) is 9.90. The minimum Gasteiger partial charge on any atom is -0.487 e. The lowest BCUT2D eigenvalue weighted by Crippen LogP contribution is -2.38. The Balaban J connectivity index is 0.000000313. The molecule has 4 N–H and O–H groups in total. The van der Waals surface area contributed by atoms with Crippen molar-refractivity contribution in [3.05, 3.63) is 35.5 Å². The fourth-order valence-electron chi connectivity index (χ4n) is 1.49. The minimum absolute atomic E-state index is 0.113. The zero-order chi connectivity index (χ0) is 16.6. The summed E-state index contributed by atoms with van der Waals surface area (Å²) in [6, 6.07) is 0.242. The van der Waals surface area contributed by atoms with Gasteiger partial charge in [-0.25, -0.2) is 0 Å². The molecule has 0 aromatic carbocycles. The summed E-state index contributed by atoms with van der Waals surface area (Å²) in [6.45, 7) is 9.65. The number of carbonyl (C=O) groups excluding carboxylic acids is 1. The smallest absolute Gasteiger partial charge is 0.251 e. The number of nitrogens with one attached hydrogen (secondary N) is 1. The van der Waals surface area contributed by atoms with Gasteiger partial charge >= 0.3 is 0 Å². The molecule has 0 saturated carbocycles. The molecule has 0 aromatic rings. The molecule has 5 heteroatoms. The van der Waals surface area contributed by atoms with Gasteiger partial charge in [0.25, 0.3) is 5.17 Å². The number of thiocarbonyl (C=S) groups is 1. The Bertz CT molecular complexity index is 445. The first-order valence-corrected chi connectivity index (χ1v) is 7.30. The molecule has 0 saturated heterocycles. The van der Waals surface area contributed by atoms with Crippen LogP contribution < -0.4 is 11.1 Å². The Kier molecular flexibility index (Phi) is 7.95. The fraction of sp³-hybridized carbons (Fsp3) is 0.500. The van der Waals surface area contributed by atoms with Crippen LogP contribution in [0.1, 0.15) is 41.0 Å². The quantitative estimate of drug-likeness (QED) is 0.650. The average molecular weight is 310 g/mol. The third kappa shape index (κ3) is 9.85. The highest BCUT2D eigenvalue weighted by Gasteiger charge is 2.20. The van der Waals surface area contributed by atoms with Crippen LogP contribution in [-0.2, 0) is 4.79 Å². The highest BCUT2D eigenvalue weighted by molar-refractivity contribution is 7.79. The first-order valence-electron chi connectivity index (χ1n) is 6.89. The standard InChI is InChI=1S/C8H17NO.C7H6.CH3NOS/c1-6(2)9-7(10)8(3,4)5;1-2-7-4-3-6(1)5-7;2-1(3)4/h6H,1-5H3,(H,9,10);1-4H,5H2;(H3,2,3,4). The maximum absolute atomic E-state index is 11.2. The Labute approximate surface area is 132 Å². The molecule has 1 amide bonds. The molecule has 0 radical (unpaired) electrons. The molecule has 0 atom stereocenters.